The average molecular weight is 691 g/mol. The van der Waals surface area contributed by atoms with Crippen molar-refractivity contribution in [3.8, 4) is 40.2 Å². The van der Waals surface area contributed by atoms with Crippen LogP contribution in [0.5, 0.6) is 40.2 Å². The van der Waals surface area contributed by atoms with Gasteiger partial charge in [-0.15, -0.1) is 0 Å². The van der Waals surface area contributed by atoms with Crippen LogP contribution < -0.4 is 15.0 Å². The van der Waals surface area contributed by atoms with Crippen molar-refractivity contribution in [2.75, 3.05) is 23.3 Å². The van der Waals surface area contributed by atoms with Gasteiger partial charge in [-0.3, -0.25) is 14.5 Å². The minimum absolute atomic E-state index is 0.000291. The maximum absolute atomic E-state index is 14.3. The first-order valence-corrected chi connectivity index (χ1v) is 16.1. The third-order valence-electron chi connectivity index (χ3n) is 8.60. The third-order valence-corrected chi connectivity index (χ3v) is 8.60. The number of aromatic hydroxyl groups is 6. The van der Waals surface area contributed by atoms with E-state index in [1.807, 2.05) is 0 Å². The number of hydrogen-bond acceptors (Lipinski definition) is 11. The Balaban J connectivity index is 1.39. The van der Waals surface area contributed by atoms with Crippen molar-refractivity contribution in [2.45, 2.75) is 25.7 Å². The normalized spacial score (nSPS) is 11.8. The van der Waals surface area contributed by atoms with Crippen LogP contribution in [0.3, 0.4) is 0 Å². The molecule has 0 atom stereocenters. The van der Waals surface area contributed by atoms with Gasteiger partial charge in [0.15, 0.2) is 0 Å². The number of nitrogens with one attached hydrogen (secondary N) is 1. The maximum Gasteiger partial charge on any atom is 0.419 e. The van der Waals surface area contributed by atoms with Gasteiger partial charge in [0.25, 0.3) is 0 Å². The summed E-state index contributed by atoms with van der Waals surface area (Å²) in [6, 6.07) is 21.8. The van der Waals surface area contributed by atoms with E-state index in [1.165, 1.54) is 53.4 Å². The summed E-state index contributed by atoms with van der Waals surface area (Å²) >= 11 is 0. The van der Waals surface area contributed by atoms with E-state index in [0.29, 0.717) is 24.0 Å². The third kappa shape index (κ3) is 7.06. The van der Waals surface area contributed by atoms with E-state index in [4.69, 9.17) is 4.74 Å². The summed E-state index contributed by atoms with van der Waals surface area (Å²) in [6.07, 6.45) is 0.376. The number of anilines is 2. The Hall–Kier alpha value is -6.69. The van der Waals surface area contributed by atoms with Crippen molar-refractivity contribution in [1.82, 2.24) is 0 Å². The number of benzene rings is 5. The van der Waals surface area contributed by atoms with Gasteiger partial charge >= 0.3 is 6.09 Å². The van der Waals surface area contributed by atoms with Crippen LogP contribution in [0.2, 0.25) is 0 Å². The number of rotatable bonds is 11. The molecule has 12 nitrogen and oxygen atoms in total. The van der Waals surface area contributed by atoms with Crippen LogP contribution in [0.25, 0.3) is 0 Å². The Morgan fingerprint density at radius 3 is 1.76 bits per heavy atom. The molecule has 0 bridgehead atoms. The van der Waals surface area contributed by atoms with Gasteiger partial charge in [0.2, 0.25) is 11.6 Å². The molecule has 0 radical (unpaired) electrons. The maximum atomic E-state index is 14.3. The lowest BCUT2D eigenvalue weighted by atomic mass is 9.81. The Morgan fingerprint density at radius 1 is 0.608 bits per heavy atom. The standard InChI is InChI=1S/C39H34N2O10/c42-24-10-14-29(44)22(20-24)6-4-18-40-27-12-13-28(34-33(27)37(48)35-31(46)16-17-32(47)36(35)38(34)49)41(39(50)51-26-8-2-1-3-9-26)19-5-7-23-21-25(43)11-15-30(23)45/h1-3,8-17,20-21,40,42-47H,4-7,18-19H2. The van der Waals surface area contributed by atoms with Gasteiger partial charge in [0.05, 0.1) is 27.9 Å². The Kier molecular flexibility index (Phi) is 9.67. The second-order valence-corrected chi connectivity index (χ2v) is 12.0. The van der Waals surface area contributed by atoms with Crippen LogP contribution in [0.4, 0.5) is 16.2 Å². The second-order valence-electron chi connectivity index (χ2n) is 12.0. The zero-order valence-electron chi connectivity index (χ0n) is 27.2. The van der Waals surface area contributed by atoms with Crippen molar-refractivity contribution in [3.63, 3.8) is 0 Å². The number of phenolic OH excluding ortho intramolecular Hbond substituents is 6. The molecule has 5 aromatic rings. The van der Waals surface area contributed by atoms with Crippen molar-refractivity contribution < 1.29 is 49.8 Å². The highest BCUT2D eigenvalue weighted by Crippen LogP contribution is 2.43. The van der Waals surface area contributed by atoms with Gasteiger partial charge in [0, 0.05) is 18.8 Å². The molecule has 1 aliphatic rings. The van der Waals surface area contributed by atoms with E-state index in [1.54, 1.807) is 30.3 Å². The van der Waals surface area contributed by atoms with E-state index < -0.39 is 34.7 Å². The van der Waals surface area contributed by atoms with Gasteiger partial charge in [-0.1, -0.05) is 18.2 Å². The molecule has 0 spiro atoms. The molecule has 1 amide bonds. The lowest BCUT2D eigenvalue weighted by Crippen LogP contribution is -2.37. The summed E-state index contributed by atoms with van der Waals surface area (Å²) < 4.78 is 5.67. The molecule has 1 aliphatic carbocycles. The Bertz CT molecular complexity index is 2150. The summed E-state index contributed by atoms with van der Waals surface area (Å²) in [7, 11) is 0. The number of nitrogens with zero attached hydrogens (tertiary/aromatic N) is 1. The van der Waals surface area contributed by atoms with Crippen molar-refractivity contribution in [3.05, 3.63) is 124 Å². The minimum Gasteiger partial charge on any atom is -0.508 e. The van der Waals surface area contributed by atoms with Crippen molar-refractivity contribution in [1.29, 1.82) is 0 Å². The lowest BCUT2D eigenvalue weighted by Gasteiger charge is -2.29. The Morgan fingerprint density at radius 2 is 1.16 bits per heavy atom. The molecule has 0 aliphatic heterocycles. The number of ketones is 2. The quantitative estimate of drug-likeness (QED) is 0.0588. The van der Waals surface area contributed by atoms with Crippen LogP contribution in [0.1, 0.15) is 55.8 Å². The van der Waals surface area contributed by atoms with Crippen molar-refractivity contribution in [2.24, 2.45) is 0 Å². The van der Waals surface area contributed by atoms with Gasteiger partial charge < -0.3 is 40.7 Å². The molecule has 0 fully saturated rings. The largest absolute Gasteiger partial charge is 0.508 e. The second kappa shape index (κ2) is 14.4. The fourth-order valence-corrected chi connectivity index (χ4v) is 6.15. The summed E-state index contributed by atoms with van der Waals surface area (Å²) in [5, 5.41) is 64.8. The summed E-state index contributed by atoms with van der Waals surface area (Å²) in [4.78, 5) is 43.5. The predicted molar refractivity (Wildman–Crippen MR) is 188 cm³/mol. The SMILES string of the molecule is O=C1c2c(O)ccc(O)c2C(=O)c2c(N(CCCc3cc(O)ccc3O)C(=O)Oc3ccccc3)ccc(NCCCc3cc(O)ccc3O)c21. The topological polar surface area (TPSA) is 197 Å². The fraction of sp³-hybridized carbons (Fsp3) is 0.154. The molecule has 5 aromatic carbocycles. The van der Waals surface area contributed by atoms with Gasteiger partial charge in [-0.25, -0.2) is 4.79 Å². The first-order valence-electron chi connectivity index (χ1n) is 16.1. The Labute approximate surface area is 292 Å². The molecular formula is C39H34N2O10. The number of carbonyl (C=O) groups is 3. The molecule has 12 heteroatoms. The number of para-hydroxylation sites is 1. The fourth-order valence-electron chi connectivity index (χ4n) is 6.15. The molecule has 0 saturated heterocycles. The van der Waals surface area contributed by atoms with Gasteiger partial charge in [-0.05, 0) is 110 Å². The predicted octanol–water partition coefficient (Wildman–Crippen LogP) is 6.38. The minimum atomic E-state index is -0.874. The lowest BCUT2D eigenvalue weighted by molar-refractivity contribution is 0.0975. The van der Waals surface area contributed by atoms with Crippen molar-refractivity contribution >= 4 is 29.0 Å². The molecule has 6 rings (SSSR count). The molecule has 0 unspecified atom stereocenters. The number of fused-ring (bicyclic) bond motifs is 2. The number of carbonyl (C=O) groups excluding carboxylic acids is 3. The molecule has 7 N–H and O–H groups in total. The van der Waals surface area contributed by atoms with Crippen LogP contribution in [0, 0.1) is 0 Å². The molecule has 0 saturated carbocycles. The molecule has 51 heavy (non-hydrogen) atoms. The van der Waals surface area contributed by atoms with Crippen LogP contribution in [-0.2, 0) is 12.8 Å². The summed E-state index contributed by atoms with van der Waals surface area (Å²) in [5.41, 5.74) is 0.0496. The summed E-state index contributed by atoms with van der Waals surface area (Å²) in [6.45, 7) is 0.197. The van der Waals surface area contributed by atoms with E-state index in [0.717, 1.165) is 12.1 Å². The highest BCUT2D eigenvalue weighted by molar-refractivity contribution is 6.34. The highest BCUT2D eigenvalue weighted by atomic mass is 16.6. The van der Waals surface area contributed by atoms with Crippen LogP contribution in [-0.4, -0.2) is 61.4 Å². The van der Waals surface area contributed by atoms with E-state index in [9.17, 15) is 45.0 Å². The first kappa shape index (κ1) is 34.2. The van der Waals surface area contributed by atoms with Crippen LogP contribution in [0.15, 0.2) is 91.0 Å². The average Bonchev–Trinajstić information content (AvgIpc) is 3.11. The van der Waals surface area contributed by atoms with Gasteiger partial charge in [-0.2, -0.15) is 0 Å². The van der Waals surface area contributed by atoms with Gasteiger partial charge in [0.1, 0.15) is 40.2 Å². The summed E-state index contributed by atoms with van der Waals surface area (Å²) in [5.74, 6) is -2.46. The highest BCUT2D eigenvalue weighted by Gasteiger charge is 2.39. The molecule has 0 aromatic heterocycles. The first-order chi connectivity index (χ1) is 24.5. The number of hydrogen-bond donors (Lipinski definition) is 7. The monoisotopic (exact) mass is 690 g/mol. The number of amides is 1. The van der Waals surface area contributed by atoms with E-state index >= 15 is 0 Å². The van der Waals surface area contributed by atoms with Crippen LogP contribution >= 0.6 is 0 Å². The molecule has 260 valence electrons. The number of phenols is 6. The zero-order valence-corrected chi connectivity index (χ0v) is 27.2. The van der Waals surface area contributed by atoms with E-state index in [-0.39, 0.29) is 82.7 Å². The smallest absolute Gasteiger partial charge is 0.419 e. The zero-order chi connectivity index (χ0) is 36.2. The molecular weight excluding hydrogens is 656 g/mol. The molecule has 0 heterocycles. The van der Waals surface area contributed by atoms with E-state index in [2.05, 4.69) is 5.32 Å². The number of aryl methyl sites for hydroxylation is 2. The number of ether oxygens (including phenoxy) is 1.